The van der Waals surface area contributed by atoms with Crippen molar-refractivity contribution in [3.63, 3.8) is 0 Å². The summed E-state index contributed by atoms with van der Waals surface area (Å²) in [6.07, 6.45) is 2.67. The molecule has 3 rings (SSSR count). The molecule has 22 heavy (non-hydrogen) atoms. The lowest BCUT2D eigenvalue weighted by Crippen LogP contribution is -1.93. The number of hydrogen-bond acceptors (Lipinski definition) is 3. The highest BCUT2D eigenvalue weighted by Gasteiger charge is 2.15. The van der Waals surface area contributed by atoms with E-state index < -0.39 is 0 Å². The predicted molar refractivity (Wildman–Crippen MR) is 91.9 cm³/mol. The van der Waals surface area contributed by atoms with Crippen LogP contribution < -0.4 is 9.47 Å². The Bertz CT molecular complexity index is 919. The number of ether oxygens (including phenoxy) is 2. The molecule has 0 radical (unpaired) electrons. The molecule has 1 aromatic carbocycles. The van der Waals surface area contributed by atoms with E-state index in [2.05, 4.69) is 43.6 Å². The summed E-state index contributed by atoms with van der Waals surface area (Å²) in [5, 5.41) is 2.23. The molecule has 0 spiro atoms. The molecule has 0 aliphatic heterocycles. The van der Waals surface area contributed by atoms with Crippen LogP contribution in [0, 0.1) is 10.8 Å². The summed E-state index contributed by atoms with van der Waals surface area (Å²) in [6.45, 7) is 2.11. The zero-order valence-electron chi connectivity index (χ0n) is 12.6. The summed E-state index contributed by atoms with van der Waals surface area (Å²) in [5.74, 6) is 4.42. The molecule has 4 nitrogen and oxygen atoms in total. The van der Waals surface area contributed by atoms with E-state index in [-0.39, 0.29) is 0 Å². The van der Waals surface area contributed by atoms with Crippen molar-refractivity contribution in [2.75, 3.05) is 14.2 Å². The predicted octanol–water partition coefficient (Wildman–Crippen LogP) is 4.00. The van der Waals surface area contributed by atoms with Gasteiger partial charge < -0.3 is 14.5 Å². The van der Waals surface area contributed by atoms with Gasteiger partial charge in [-0.05, 0) is 28.8 Å². The number of methoxy groups -OCH3 is 2. The second-order valence-electron chi connectivity index (χ2n) is 4.82. The summed E-state index contributed by atoms with van der Waals surface area (Å²) in [6, 6.07) is 3.95. The number of fused-ring (bicyclic) bond motifs is 3. The molecule has 0 atom stereocenters. The van der Waals surface area contributed by atoms with E-state index in [1.54, 1.807) is 14.2 Å². The standard InChI is InChI=1S/C17H15BrN2O2/c1-4-10-12(5-6-18)19-9-14-17(10)11-7-15(21-2)16(22-3)8-13(11)20-14/h7-9,20H,4H2,1-3H3. The molecule has 0 unspecified atom stereocenters. The number of aromatic nitrogens is 2. The summed E-state index contributed by atoms with van der Waals surface area (Å²) < 4.78 is 10.8. The van der Waals surface area contributed by atoms with Gasteiger partial charge >= 0.3 is 0 Å². The maximum atomic E-state index is 5.42. The van der Waals surface area contributed by atoms with Crippen molar-refractivity contribution in [2.45, 2.75) is 13.3 Å². The maximum absolute atomic E-state index is 5.42. The fourth-order valence-corrected chi connectivity index (χ4v) is 2.97. The van der Waals surface area contributed by atoms with Crippen LogP contribution in [-0.4, -0.2) is 24.2 Å². The number of halogens is 1. The number of nitrogens with one attached hydrogen (secondary N) is 1. The second-order valence-corrected chi connectivity index (χ2v) is 5.22. The average molecular weight is 359 g/mol. The largest absolute Gasteiger partial charge is 0.493 e. The fourth-order valence-electron chi connectivity index (χ4n) is 2.79. The first-order valence-electron chi connectivity index (χ1n) is 6.90. The Morgan fingerprint density at radius 3 is 2.55 bits per heavy atom. The number of nitrogens with zero attached hydrogens (tertiary/aromatic N) is 1. The number of aryl methyl sites for hydroxylation is 1. The molecule has 1 N–H and O–H groups in total. The van der Waals surface area contributed by atoms with Crippen LogP contribution in [-0.2, 0) is 6.42 Å². The van der Waals surface area contributed by atoms with Gasteiger partial charge in [-0.1, -0.05) is 6.92 Å². The van der Waals surface area contributed by atoms with Crippen LogP contribution in [0.15, 0.2) is 18.3 Å². The van der Waals surface area contributed by atoms with E-state index in [1.165, 1.54) is 0 Å². The van der Waals surface area contributed by atoms with Crippen LogP contribution in [0.25, 0.3) is 21.8 Å². The van der Waals surface area contributed by atoms with Gasteiger partial charge in [0.05, 0.1) is 31.4 Å². The third kappa shape index (κ3) is 2.20. The molecule has 2 heterocycles. The molecule has 0 saturated carbocycles. The van der Waals surface area contributed by atoms with Gasteiger partial charge in [0.15, 0.2) is 11.5 Å². The van der Waals surface area contributed by atoms with Gasteiger partial charge in [-0.15, -0.1) is 0 Å². The van der Waals surface area contributed by atoms with E-state index >= 15 is 0 Å². The van der Waals surface area contributed by atoms with E-state index in [1.807, 2.05) is 18.3 Å². The van der Waals surface area contributed by atoms with E-state index in [9.17, 15) is 0 Å². The molecule has 2 aromatic heterocycles. The number of rotatable bonds is 3. The topological polar surface area (TPSA) is 47.1 Å². The first-order chi connectivity index (χ1) is 10.7. The maximum Gasteiger partial charge on any atom is 0.162 e. The Morgan fingerprint density at radius 1 is 1.18 bits per heavy atom. The van der Waals surface area contributed by atoms with Crippen molar-refractivity contribution in [1.29, 1.82) is 0 Å². The van der Waals surface area contributed by atoms with Crippen molar-refractivity contribution < 1.29 is 9.47 Å². The Hall–Kier alpha value is -2.19. The molecule has 0 aliphatic carbocycles. The Balaban J connectivity index is 2.44. The molecule has 0 bridgehead atoms. The summed E-state index contributed by atoms with van der Waals surface area (Å²) in [4.78, 5) is 10.6. The molecule has 0 aliphatic rings. The van der Waals surface area contributed by atoms with E-state index in [0.717, 1.165) is 39.5 Å². The molecular formula is C17H15BrN2O2. The average Bonchev–Trinajstić information content (AvgIpc) is 2.91. The van der Waals surface area contributed by atoms with Gasteiger partial charge in [-0.25, -0.2) is 4.98 Å². The van der Waals surface area contributed by atoms with Crippen molar-refractivity contribution in [3.05, 3.63) is 29.6 Å². The normalized spacial score (nSPS) is 10.5. The van der Waals surface area contributed by atoms with Crippen molar-refractivity contribution in [1.82, 2.24) is 9.97 Å². The Labute approximate surface area is 137 Å². The SMILES string of the molecule is CCc1c(C#CBr)ncc2[nH]c3cc(OC)c(OC)cc3c12. The van der Waals surface area contributed by atoms with E-state index in [4.69, 9.17) is 9.47 Å². The van der Waals surface area contributed by atoms with Crippen LogP contribution in [0.3, 0.4) is 0 Å². The monoisotopic (exact) mass is 358 g/mol. The second kappa shape index (κ2) is 5.90. The quantitative estimate of drug-likeness (QED) is 0.719. The van der Waals surface area contributed by atoms with Gasteiger partial charge in [0.1, 0.15) is 5.69 Å². The lowest BCUT2D eigenvalue weighted by Gasteiger charge is -2.08. The number of H-pyrrole nitrogens is 1. The highest BCUT2D eigenvalue weighted by molar-refractivity contribution is 9.12. The van der Waals surface area contributed by atoms with Crippen molar-refractivity contribution in [2.24, 2.45) is 0 Å². The molecule has 0 fully saturated rings. The molecule has 112 valence electrons. The molecule has 3 aromatic rings. The zero-order chi connectivity index (χ0) is 15.7. The summed E-state index contributed by atoms with van der Waals surface area (Å²) in [5.41, 5.74) is 3.90. The van der Waals surface area contributed by atoms with Crippen LogP contribution in [0.1, 0.15) is 18.2 Å². The van der Waals surface area contributed by atoms with Gasteiger partial charge in [0.2, 0.25) is 0 Å². The Morgan fingerprint density at radius 2 is 1.91 bits per heavy atom. The zero-order valence-corrected chi connectivity index (χ0v) is 14.2. The third-order valence-corrected chi connectivity index (χ3v) is 3.96. The van der Waals surface area contributed by atoms with Gasteiger partial charge in [-0.3, -0.25) is 0 Å². The van der Waals surface area contributed by atoms with Gasteiger partial charge in [0, 0.05) is 32.8 Å². The van der Waals surface area contributed by atoms with E-state index in [0.29, 0.717) is 11.5 Å². The number of aromatic amines is 1. The van der Waals surface area contributed by atoms with Crippen LogP contribution in [0.5, 0.6) is 11.5 Å². The van der Waals surface area contributed by atoms with Crippen molar-refractivity contribution in [3.8, 4) is 22.2 Å². The lowest BCUT2D eigenvalue weighted by atomic mass is 10.0. The van der Waals surface area contributed by atoms with Gasteiger partial charge in [0.25, 0.3) is 0 Å². The fraction of sp³-hybridized carbons (Fsp3) is 0.235. The minimum atomic E-state index is 0.702. The highest BCUT2D eigenvalue weighted by Crippen LogP contribution is 2.37. The van der Waals surface area contributed by atoms with Crippen molar-refractivity contribution >= 4 is 37.7 Å². The minimum absolute atomic E-state index is 0.702. The summed E-state index contributed by atoms with van der Waals surface area (Å²) in [7, 11) is 3.28. The van der Waals surface area contributed by atoms with Crippen LogP contribution >= 0.6 is 15.9 Å². The van der Waals surface area contributed by atoms with Gasteiger partial charge in [-0.2, -0.15) is 0 Å². The molecule has 0 saturated heterocycles. The highest BCUT2D eigenvalue weighted by atomic mass is 79.9. The molecular weight excluding hydrogens is 344 g/mol. The molecule has 0 amide bonds. The lowest BCUT2D eigenvalue weighted by molar-refractivity contribution is 0.356. The number of pyridine rings is 1. The number of hydrogen-bond donors (Lipinski definition) is 1. The van der Waals surface area contributed by atoms with Crippen LogP contribution in [0.4, 0.5) is 0 Å². The smallest absolute Gasteiger partial charge is 0.162 e. The van der Waals surface area contributed by atoms with Crippen LogP contribution in [0.2, 0.25) is 0 Å². The first kappa shape index (κ1) is 14.7. The first-order valence-corrected chi connectivity index (χ1v) is 7.69. The third-order valence-electron chi connectivity index (χ3n) is 3.76. The Kier molecular flexibility index (Phi) is 3.95. The number of benzene rings is 1. The molecule has 5 heteroatoms. The summed E-state index contributed by atoms with van der Waals surface area (Å²) >= 11 is 3.15. The minimum Gasteiger partial charge on any atom is -0.493 e.